The third kappa shape index (κ3) is 3.89. The van der Waals surface area contributed by atoms with Crippen molar-refractivity contribution in [1.29, 1.82) is 0 Å². The molecule has 1 unspecified atom stereocenters. The van der Waals surface area contributed by atoms with Gasteiger partial charge < -0.3 is 5.32 Å². The van der Waals surface area contributed by atoms with Crippen LogP contribution < -0.4 is 5.32 Å². The normalized spacial score (nSPS) is 12.4. The van der Waals surface area contributed by atoms with Gasteiger partial charge in [0.2, 0.25) is 0 Å². The van der Waals surface area contributed by atoms with E-state index in [0.29, 0.717) is 17.7 Å². The average Bonchev–Trinajstić information content (AvgIpc) is 2.44. The first-order valence-electron chi connectivity index (χ1n) is 6.97. The van der Waals surface area contributed by atoms with Crippen molar-refractivity contribution in [2.24, 2.45) is 0 Å². The number of aryl methyl sites for hydroxylation is 1. The maximum Gasteiger partial charge on any atom is 0.128 e. The first-order chi connectivity index (χ1) is 10.0. The van der Waals surface area contributed by atoms with E-state index in [2.05, 4.69) is 21.2 Å². The zero-order valence-electron chi connectivity index (χ0n) is 12.1. The van der Waals surface area contributed by atoms with Crippen molar-refractivity contribution in [2.45, 2.75) is 26.3 Å². The quantitative estimate of drug-likeness (QED) is 0.785. The number of hydrogen-bond donors (Lipinski definition) is 1. The molecular weight excluding hydrogens is 336 g/mol. The Kier molecular flexibility index (Phi) is 5.48. The molecule has 1 atom stereocenters. The Balaban J connectivity index is 2.49. The van der Waals surface area contributed by atoms with Gasteiger partial charge in [-0.25, -0.2) is 8.78 Å². The SMILES string of the molecule is CCCNC(c1ccc(C)cc1F)c1cc(Br)ccc1F. The van der Waals surface area contributed by atoms with Gasteiger partial charge in [0.15, 0.2) is 0 Å². The Labute approximate surface area is 132 Å². The van der Waals surface area contributed by atoms with E-state index in [9.17, 15) is 8.78 Å². The Bertz CT molecular complexity index is 628. The van der Waals surface area contributed by atoms with Crippen LogP contribution in [0.15, 0.2) is 40.9 Å². The molecule has 0 fully saturated rings. The molecule has 21 heavy (non-hydrogen) atoms. The molecule has 0 radical (unpaired) electrons. The fourth-order valence-corrected chi connectivity index (χ4v) is 2.66. The molecule has 2 rings (SSSR count). The van der Waals surface area contributed by atoms with E-state index in [1.807, 2.05) is 19.9 Å². The van der Waals surface area contributed by atoms with Crippen LogP contribution in [0.3, 0.4) is 0 Å². The third-order valence-corrected chi connectivity index (χ3v) is 3.83. The van der Waals surface area contributed by atoms with Gasteiger partial charge in [0.1, 0.15) is 11.6 Å². The Morgan fingerprint density at radius 1 is 1.05 bits per heavy atom. The van der Waals surface area contributed by atoms with Crippen LogP contribution in [-0.4, -0.2) is 6.54 Å². The predicted molar refractivity (Wildman–Crippen MR) is 85.4 cm³/mol. The zero-order valence-corrected chi connectivity index (χ0v) is 13.7. The first kappa shape index (κ1) is 16.1. The summed E-state index contributed by atoms with van der Waals surface area (Å²) in [5.74, 6) is -0.658. The fraction of sp³-hybridized carbons (Fsp3) is 0.294. The third-order valence-electron chi connectivity index (χ3n) is 3.33. The fourth-order valence-electron chi connectivity index (χ4n) is 2.28. The van der Waals surface area contributed by atoms with Gasteiger partial charge in [0.25, 0.3) is 0 Å². The van der Waals surface area contributed by atoms with Crippen molar-refractivity contribution < 1.29 is 8.78 Å². The minimum absolute atomic E-state index is 0.317. The van der Waals surface area contributed by atoms with Crippen molar-refractivity contribution in [2.75, 3.05) is 6.54 Å². The molecule has 0 aliphatic carbocycles. The summed E-state index contributed by atoms with van der Waals surface area (Å²) >= 11 is 3.35. The molecule has 4 heteroatoms. The highest BCUT2D eigenvalue weighted by Crippen LogP contribution is 2.29. The number of benzene rings is 2. The minimum atomic E-state index is -0.497. The second-order valence-electron chi connectivity index (χ2n) is 5.08. The van der Waals surface area contributed by atoms with Gasteiger partial charge in [-0.3, -0.25) is 0 Å². The van der Waals surface area contributed by atoms with E-state index in [0.717, 1.165) is 16.5 Å². The minimum Gasteiger partial charge on any atom is -0.306 e. The molecule has 0 bridgehead atoms. The van der Waals surface area contributed by atoms with Crippen molar-refractivity contribution in [1.82, 2.24) is 5.32 Å². The highest BCUT2D eigenvalue weighted by Gasteiger charge is 2.20. The lowest BCUT2D eigenvalue weighted by Gasteiger charge is -2.21. The molecular formula is C17H18BrF2N. The van der Waals surface area contributed by atoms with Crippen molar-refractivity contribution in [3.05, 3.63) is 69.2 Å². The monoisotopic (exact) mass is 353 g/mol. The molecule has 0 saturated carbocycles. The van der Waals surface area contributed by atoms with Crippen molar-refractivity contribution in [3.8, 4) is 0 Å². The van der Waals surface area contributed by atoms with Gasteiger partial charge in [0.05, 0.1) is 6.04 Å². The second kappa shape index (κ2) is 7.14. The van der Waals surface area contributed by atoms with E-state index in [4.69, 9.17) is 0 Å². The maximum atomic E-state index is 14.3. The van der Waals surface area contributed by atoms with Gasteiger partial charge in [0, 0.05) is 15.6 Å². The molecule has 0 aliphatic rings. The molecule has 0 spiro atoms. The van der Waals surface area contributed by atoms with E-state index in [1.165, 1.54) is 12.1 Å². The summed E-state index contributed by atoms with van der Waals surface area (Å²) in [6.45, 7) is 4.54. The second-order valence-corrected chi connectivity index (χ2v) is 5.99. The summed E-state index contributed by atoms with van der Waals surface area (Å²) in [4.78, 5) is 0. The van der Waals surface area contributed by atoms with Crippen LogP contribution in [0, 0.1) is 18.6 Å². The standard InChI is InChI=1S/C17H18BrF2N/c1-3-8-21-17(13-6-4-11(2)9-16(13)20)14-10-12(18)5-7-15(14)19/h4-7,9-10,17,21H,3,8H2,1-2H3. The summed E-state index contributed by atoms with van der Waals surface area (Å²) in [5.41, 5.74) is 1.76. The van der Waals surface area contributed by atoms with Gasteiger partial charge in [-0.1, -0.05) is 35.0 Å². The number of nitrogens with one attached hydrogen (secondary N) is 1. The summed E-state index contributed by atoms with van der Waals surface area (Å²) in [5, 5.41) is 3.23. The Hall–Kier alpha value is -1.26. The lowest BCUT2D eigenvalue weighted by Crippen LogP contribution is -2.25. The molecule has 1 nitrogen and oxygen atoms in total. The van der Waals surface area contributed by atoms with Crippen molar-refractivity contribution >= 4 is 15.9 Å². The molecule has 112 valence electrons. The molecule has 2 aromatic rings. The van der Waals surface area contributed by atoms with Crippen LogP contribution in [0.1, 0.15) is 36.1 Å². The summed E-state index contributed by atoms with van der Waals surface area (Å²) < 4.78 is 29.2. The average molecular weight is 354 g/mol. The largest absolute Gasteiger partial charge is 0.306 e. The molecule has 0 saturated heterocycles. The van der Waals surface area contributed by atoms with Crippen LogP contribution >= 0.6 is 15.9 Å². The van der Waals surface area contributed by atoms with E-state index < -0.39 is 6.04 Å². The molecule has 0 heterocycles. The predicted octanol–water partition coefficient (Wildman–Crippen LogP) is 5.12. The van der Waals surface area contributed by atoms with E-state index >= 15 is 0 Å². The van der Waals surface area contributed by atoms with Crippen LogP contribution in [0.4, 0.5) is 8.78 Å². The lowest BCUT2D eigenvalue weighted by molar-refractivity contribution is 0.520. The summed E-state index contributed by atoms with van der Waals surface area (Å²) in [7, 11) is 0. The molecule has 0 aromatic heterocycles. The zero-order chi connectivity index (χ0) is 15.4. The van der Waals surface area contributed by atoms with Gasteiger partial charge in [-0.2, -0.15) is 0 Å². The molecule has 2 aromatic carbocycles. The Morgan fingerprint density at radius 3 is 2.48 bits per heavy atom. The molecule has 0 amide bonds. The van der Waals surface area contributed by atoms with E-state index in [1.54, 1.807) is 18.2 Å². The van der Waals surface area contributed by atoms with Gasteiger partial charge in [-0.05, 0) is 49.7 Å². The highest BCUT2D eigenvalue weighted by molar-refractivity contribution is 9.10. The number of hydrogen-bond acceptors (Lipinski definition) is 1. The smallest absolute Gasteiger partial charge is 0.128 e. The summed E-state index contributed by atoms with van der Waals surface area (Å²) in [6, 6.07) is 9.28. The van der Waals surface area contributed by atoms with Gasteiger partial charge in [-0.15, -0.1) is 0 Å². The summed E-state index contributed by atoms with van der Waals surface area (Å²) in [6.07, 6.45) is 0.888. The maximum absolute atomic E-state index is 14.3. The molecule has 0 aliphatic heterocycles. The number of halogens is 3. The van der Waals surface area contributed by atoms with Gasteiger partial charge >= 0.3 is 0 Å². The topological polar surface area (TPSA) is 12.0 Å². The Morgan fingerprint density at radius 2 is 1.81 bits per heavy atom. The lowest BCUT2D eigenvalue weighted by atomic mass is 9.96. The van der Waals surface area contributed by atoms with Crippen LogP contribution in [0.25, 0.3) is 0 Å². The molecule has 1 N–H and O–H groups in total. The van der Waals surface area contributed by atoms with Crippen LogP contribution in [0.5, 0.6) is 0 Å². The first-order valence-corrected chi connectivity index (χ1v) is 7.76. The van der Waals surface area contributed by atoms with Crippen LogP contribution in [0.2, 0.25) is 0 Å². The highest BCUT2D eigenvalue weighted by atomic mass is 79.9. The van der Waals surface area contributed by atoms with Crippen molar-refractivity contribution in [3.63, 3.8) is 0 Å². The van der Waals surface area contributed by atoms with Crippen LogP contribution in [-0.2, 0) is 0 Å². The van der Waals surface area contributed by atoms with E-state index in [-0.39, 0.29) is 11.6 Å². The number of rotatable bonds is 5.